The summed E-state index contributed by atoms with van der Waals surface area (Å²) in [5.74, 6) is -6.90. The molecule has 16 N–H and O–H groups in total. The van der Waals surface area contributed by atoms with Gasteiger partial charge in [-0.05, 0) is 211 Å². The van der Waals surface area contributed by atoms with Gasteiger partial charge in [-0.25, -0.2) is 35.9 Å². The van der Waals surface area contributed by atoms with Gasteiger partial charge in [-0.1, -0.05) is 39.8 Å². The van der Waals surface area contributed by atoms with E-state index in [4.69, 9.17) is 31.4 Å². The first-order valence-electron chi connectivity index (χ1n) is 36.0. The number of likely N-dealkylation sites (tertiary alicyclic amines) is 1. The Morgan fingerprint density at radius 1 is 0.623 bits per heavy atom. The Morgan fingerprint density at radius 3 is 1.57 bits per heavy atom. The molecule has 31 nitrogen and oxygen atoms in total. The number of benzene rings is 3. The number of fused-ring (bicyclic) bond motifs is 2. The molecular weight excluding hydrogens is 1410 g/mol. The minimum absolute atomic E-state index is 0.0200. The van der Waals surface area contributed by atoms with E-state index in [-0.39, 0.29) is 93.1 Å². The fraction of sp³-hybridized carbons (Fsp3) is 0.616. The SMILES string of the molecule is Cc1c(C)c(S(=O)(=O)NC(N)=NCCC[C@H](NC(=O)[C@@H](N)CCCN=C(N)NS(=O)(=O)c2c(C)c(C)c3c(c2C)CC(C)(C)O3)C(=O)N2CCC[C@H]2C(=O)N[C@H](C(=O)N[C@@H](CCCCNC(=O)OC(C)(C)C)C(=O)N[C@H](C(=O)N[C@@H](Cc2ccc(O)cc2)C(=O)O)C(C)C)C(C)C)c(C)c2c1OC(C)(C)C2. The monoisotopic (exact) mass is 1520 g/mol. The van der Waals surface area contributed by atoms with Gasteiger partial charge in [-0.3, -0.25) is 38.8 Å². The van der Waals surface area contributed by atoms with Crippen molar-refractivity contribution in [2.24, 2.45) is 39.0 Å². The van der Waals surface area contributed by atoms with Gasteiger partial charge in [0.2, 0.25) is 47.4 Å². The number of carbonyl (C=O) groups excluding carboxylic acids is 7. The number of carbonyl (C=O) groups is 8. The summed E-state index contributed by atoms with van der Waals surface area (Å²) in [5, 5.41) is 36.0. The molecule has 0 bridgehead atoms. The second kappa shape index (κ2) is 35.6. The summed E-state index contributed by atoms with van der Waals surface area (Å²) in [5.41, 5.74) is 22.4. The van der Waals surface area contributed by atoms with Crippen LogP contribution >= 0.6 is 0 Å². The van der Waals surface area contributed by atoms with Crippen LogP contribution in [0, 0.1) is 53.4 Å². The van der Waals surface area contributed by atoms with Gasteiger partial charge in [0.15, 0.2) is 0 Å². The van der Waals surface area contributed by atoms with E-state index in [0.717, 1.165) is 11.1 Å². The number of aliphatic imine (C=N–C) groups is 2. The van der Waals surface area contributed by atoms with Crippen LogP contribution in [-0.4, -0.2) is 177 Å². The number of carboxylic acids is 1. The van der Waals surface area contributed by atoms with Crippen LogP contribution in [-0.2, 0) is 77.6 Å². The molecule has 0 saturated carbocycles. The smallest absolute Gasteiger partial charge is 0.407 e. The Balaban J connectivity index is 1.19. The molecule has 3 aromatic carbocycles. The zero-order chi connectivity index (χ0) is 79.5. The van der Waals surface area contributed by atoms with Crippen LogP contribution < -0.4 is 68.0 Å². The molecule has 1 saturated heterocycles. The Bertz CT molecular complexity index is 4080. The molecule has 3 aliphatic rings. The van der Waals surface area contributed by atoms with Gasteiger partial charge in [0.25, 0.3) is 20.0 Å². The summed E-state index contributed by atoms with van der Waals surface area (Å²) in [6.07, 6.45) is 1.06. The van der Waals surface area contributed by atoms with E-state index in [0.29, 0.717) is 76.1 Å². The highest BCUT2D eigenvalue weighted by Crippen LogP contribution is 2.45. The van der Waals surface area contributed by atoms with E-state index in [9.17, 15) is 60.6 Å². The third-order valence-electron chi connectivity index (χ3n) is 19.0. The highest BCUT2D eigenvalue weighted by atomic mass is 32.2. The summed E-state index contributed by atoms with van der Waals surface area (Å²) in [4.78, 5) is 122. The lowest BCUT2D eigenvalue weighted by Gasteiger charge is -2.31. The summed E-state index contributed by atoms with van der Waals surface area (Å²) in [7, 11) is -8.53. The van der Waals surface area contributed by atoms with Crippen molar-refractivity contribution < 1.29 is 79.6 Å². The first-order chi connectivity index (χ1) is 49.2. The van der Waals surface area contributed by atoms with E-state index in [1.165, 1.54) is 29.2 Å². The molecule has 7 atom stereocenters. The average molecular weight is 1520 g/mol. The van der Waals surface area contributed by atoms with Gasteiger partial charge in [-0.15, -0.1) is 0 Å². The van der Waals surface area contributed by atoms with Crippen LogP contribution in [0.15, 0.2) is 44.0 Å². The van der Waals surface area contributed by atoms with Crippen LogP contribution in [0.2, 0.25) is 0 Å². The largest absolute Gasteiger partial charge is 0.508 e. The maximum absolute atomic E-state index is 15.0. The first kappa shape index (κ1) is 85.9. The van der Waals surface area contributed by atoms with Crippen molar-refractivity contribution in [3.8, 4) is 17.2 Å². The molecule has 588 valence electrons. The lowest BCUT2D eigenvalue weighted by atomic mass is 9.94. The molecule has 33 heteroatoms. The molecule has 6 rings (SSSR count). The molecule has 0 spiro atoms. The highest BCUT2D eigenvalue weighted by molar-refractivity contribution is 7.90. The molecule has 1 fully saturated rings. The number of hydrogen-bond donors (Lipinski definition) is 13. The molecule has 3 heterocycles. The second-order valence-electron chi connectivity index (χ2n) is 30.7. The number of nitrogens with one attached hydrogen (secondary N) is 8. The number of ether oxygens (including phenoxy) is 3. The summed E-state index contributed by atoms with van der Waals surface area (Å²) in [6.45, 7) is 29.7. The topological polar surface area (TPSA) is 475 Å². The number of sulfonamides is 2. The van der Waals surface area contributed by atoms with Crippen molar-refractivity contribution in [1.29, 1.82) is 0 Å². The molecule has 0 aliphatic carbocycles. The number of nitrogens with zero attached hydrogens (tertiary/aromatic N) is 3. The number of aromatic hydroxyl groups is 1. The molecular formula is C73H112N14O17S2. The summed E-state index contributed by atoms with van der Waals surface area (Å²) >= 11 is 0. The lowest BCUT2D eigenvalue weighted by Crippen LogP contribution is -2.61. The van der Waals surface area contributed by atoms with Crippen molar-refractivity contribution in [2.45, 2.75) is 264 Å². The van der Waals surface area contributed by atoms with E-state index < -0.39 is 150 Å². The number of nitrogens with two attached hydrogens (primary N) is 3. The predicted octanol–water partition coefficient (Wildman–Crippen LogP) is 4.19. The number of rotatable bonds is 33. The Morgan fingerprint density at radius 2 is 1.08 bits per heavy atom. The van der Waals surface area contributed by atoms with Crippen LogP contribution in [0.25, 0.3) is 0 Å². The van der Waals surface area contributed by atoms with Crippen molar-refractivity contribution in [1.82, 2.24) is 46.2 Å². The highest BCUT2D eigenvalue weighted by Gasteiger charge is 2.43. The third kappa shape index (κ3) is 22.8. The number of phenols is 1. The minimum Gasteiger partial charge on any atom is -0.508 e. The van der Waals surface area contributed by atoms with Crippen molar-refractivity contribution in [3.05, 3.63) is 74.3 Å². The standard InChI is InChI=1S/C73H112N14O17S2/c1-38(2)55(65(93)82-53(67(95)96)35-46-27-29-47(88)30-28-46)83-62(90)51(24-18-19-31-79-70(97)104-71(11,12)13)80-64(92)56(39(3)4)84-63(91)54-26-22-34-87(54)66(94)52(25-21-33-78-69(76)86-106(100,101)60-43(8)41(6)58-49(45(60)10)37-73(16,17)103-58)81-61(89)50(74)23-20-32-77-68(75)85-105(98,99)59-42(7)40(5)57-48(44(59)9)36-72(14,15)102-57/h27-30,38-39,50-56,88H,18-26,31-37,74H2,1-17H3,(H,79,97)(H,80,92)(H,81,89)(H,82,93)(H,83,90)(H,84,91)(H,95,96)(H3,75,77,85)(H3,76,78,86)/t50-,51-,52-,53-,54-,55-,56-/m0/s1. The number of alkyl carbamates (subject to hydrolysis) is 1. The molecule has 7 amide bonds. The maximum Gasteiger partial charge on any atom is 0.407 e. The number of guanidine groups is 2. The number of hydrogen-bond acceptors (Lipinski definition) is 19. The van der Waals surface area contributed by atoms with Crippen LogP contribution in [0.3, 0.4) is 0 Å². The maximum atomic E-state index is 15.0. The van der Waals surface area contributed by atoms with Crippen molar-refractivity contribution >= 4 is 79.5 Å². The molecule has 3 aromatic rings. The van der Waals surface area contributed by atoms with Crippen molar-refractivity contribution in [2.75, 3.05) is 26.2 Å². The van der Waals surface area contributed by atoms with Crippen molar-refractivity contribution in [3.63, 3.8) is 0 Å². The molecule has 3 aliphatic heterocycles. The van der Waals surface area contributed by atoms with Gasteiger partial charge in [-0.2, -0.15) is 0 Å². The molecule has 0 aromatic heterocycles. The number of carboxylic acid groups (broad SMARTS) is 1. The minimum atomic E-state index is -4.30. The number of unbranched alkanes of at least 4 members (excludes halogenated alkanes) is 1. The fourth-order valence-corrected chi connectivity index (χ4v) is 16.4. The fourth-order valence-electron chi connectivity index (χ4n) is 13.3. The molecule has 106 heavy (non-hydrogen) atoms. The molecule has 0 unspecified atom stereocenters. The zero-order valence-electron chi connectivity index (χ0n) is 64.2. The first-order valence-corrected chi connectivity index (χ1v) is 39.0. The molecule has 0 radical (unpaired) electrons. The van der Waals surface area contributed by atoms with E-state index >= 15 is 4.79 Å². The van der Waals surface area contributed by atoms with E-state index in [2.05, 4.69) is 51.3 Å². The normalized spacial score (nSPS) is 17.3. The van der Waals surface area contributed by atoms with Crippen LogP contribution in [0.4, 0.5) is 4.79 Å². The van der Waals surface area contributed by atoms with E-state index in [1.54, 1.807) is 90.0 Å². The zero-order valence-corrected chi connectivity index (χ0v) is 65.9. The number of phenolic OH excluding ortho intramolecular Hbond substituents is 1. The van der Waals surface area contributed by atoms with Gasteiger partial charge in [0, 0.05) is 56.6 Å². The van der Waals surface area contributed by atoms with Crippen LogP contribution in [0.5, 0.6) is 17.2 Å². The van der Waals surface area contributed by atoms with Gasteiger partial charge >= 0.3 is 12.1 Å². The van der Waals surface area contributed by atoms with Gasteiger partial charge in [0.05, 0.1) is 15.8 Å². The Kier molecular flexibility index (Phi) is 28.9. The number of aliphatic carboxylic acids is 1. The lowest BCUT2D eigenvalue weighted by molar-refractivity contribution is -0.143. The number of amides is 7. The quantitative estimate of drug-likeness (QED) is 0.0231. The Hall–Kier alpha value is -8.98. The van der Waals surface area contributed by atoms with Crippen LogP contribution in [0.1, 0.15) is 184 Å². The van der Waals surface area contributed by atoms with Gasteiger partial charge in [0.1, 0.15) is 70.3 Å². The summed E-state index contributed by atoms with van der Waals surface area (Å²) < 4.78 is 78.3. The predicted molar refractivity (Wildman–Crippen MR) is 400 cm³/mol. The average Bonchev–Trinajstić information content (AvgIpc) is 1.55. The third-order valence-corrected chi connectivity index (χ3v) is 22.2. The van der Waals surface area contributed by atoms with E-state index in [1.807, 2.05) is 27.7 Å². The second-order valence-corrected chi connectivity index (χ2v) is 33.9. The van der Waals surface area contributed by atoms with Gasteiger partial charge < -0.3 is 78.4 Å². The summed E-state index contributed by atoms with van der Waals surface area (Å²) in [6, 6.07) is -3.53. The Labute approximate surface area is 622 Å².